The van der Waals surface area contributed by atoms with E-state index in [9.17, 15) is 76.0 Å². The quantitative estimate of drug-likeness (QED) is 0.0482. The van der Waals surface area contributed by atoms with Crippen LogP contribution in [0.5, 0.6) is 28.7 Å². The van der Waals surface area contributed by atoms with Crippen molar-refractivity contribution in [2.75, 3.05) is 26.9 Å². The van der Waals surface area contributed by atoms with Gasteiger partial charge >= 0.3 is 5.97 Å². The van der Waals surface area contributed by atoms with E-state index in [4.69, 9.17) is 37.6 Å². The highest BCUT2D eigenvalue weighted by atomic mass is 16.7. The zero-order valence-corrected chi connectivity index (χ0v) is 34.5. The molecule has 3 aromatic carbocycles. The fraction of sp³-hybridized carbons (Fsp3) is 0.442. The van der Waals surface area contributed by atoms with Crippen LogP contribution < -0.4 is 14.9 Å². The molecule has 3 saturated heterocycles. The fourth-order valence-electron chi connectivity index (χ4n) is 7.69. The third-order valence-electron chi connectivity index (χ3n) is 11.4. The first kappa shape index (κ1) is 48.5. The smallest absolute Gasteiger partial charge is 0.330 e. The van der Waals surface area contributed by atoms with Gasteiger partial charge in [0.05, 0.1) is 25.9 Å². The lowest BCUT2D eigenvalue weighted by Crippen LogP contribution is -2.63. The Bertz CT molecular complexity index is 2420. The second kappa shape index (κ2) is 20.2. The largest absolute Gasteiger partial charge is 0.507 e. The molecule has 0 spiro atoms. The average Bonchev–Trinajstić information content (AvgIpc) is 3.30. The maximum Gasteiger partial charge on any atom is 0.330 e. The van der Waals surface area contributed by atoms with Crippen molar-refractivity contribution in [3.05, 3.63) is 82.0 Å². The molecule has 1 aromatic heterocycles. The van der Waals surface area contributed by atoms with E-state index in [0.717, 1.165) is 18.2 Å². The van der Waals surface area contributed by atoms with Crippen molar-refractivity contribution in [1.82, 2.24) is 0 Å². The third kappa shape index (κ3) is 9.67. The van der Waals surface area contributed by atoms with E-state index < -0.39 is 146 Å². The van der Waals surface area contributed by atoms with Crippen LogP contribution in [0.3, 0.4) is 0 Å². The number of methoxy groups -OCH3 is 1. The van der Waals surface area contributed by atoms with E-state index in [1.165, 1.54) is 55.7 Å². The summed E-state index contributed by atoms with van der Waals surface area (Å²) in [6, 6.07) is 11.8. The molecule has 15 atom stereocenters. The Hall–Kier alpha value is -5.48. The second-order valence-corrected chi connectivity index (χ2v) is 15.6. The molecule has 4 heterocycles. The Morgan fingerprint density at radius 2 is 1.32 bits per heavy atom. The molecule has 3 fully saturated rings. The van der Waals surface area contributed by atoms with Crippen molar-refractivity contribution in [1.29, 1.82) is 0 Å². The Balaban J connectivity index is 1.11. The SMILES string of the molecule is COc1cc(C=CC(=O)OCC2OC(OC3C(c4c(O)cc5oc(-c6ccc(OC7OC(CO)C(O)C(O)C7O)cc6)cc(=O)c5c4O)OC(CO)C(O)C3O)C(O)C(O)C2O)ccc1O. The van der Waals surface area contributed by atoms with Crippen LogP contribution in [0.15, 0.2) is 69.9 Å². The van der Waals surface area contributed by atoms with Gasteiger partial charge in [-0.05, 0) is 48.0 Å². The fourth-order valence-corrected chi connectivity index (χ4v) is 7.69. The van der Waals surface area contributed by atoms with Crippen molar-refractivity contribution in [2.45, 2.75) is 91.9 Å². The van der Waals surface area contributed by atoms with Crippen molar-refractivity contribution < 1.29 is 109 Å². The zero-order chi connectivity index (χ0) is 47.7. The van der Waals surface area contributed by atoms with Crippen LogP contribution in [0.25, 0.3) is 28.4 Å². The summed E-state index contributed by atoms with van der Waals surface area (Å²) in [5.74, 6) is -2.69. The number of benzene rings is 3. The van der Waals surface area contributed by atoms with Gasteiger partial charge < -0.3 is 104 Å². The topological polar surface area (TPSA) is 375 Å². The maximum absolute atomic E-state index is 13.7. The van der Waals surface area contributed by atoms with E-state index >= 15 is 0 Å². The number of hydrogen-bond donors (Lipinski definition) is 13. The van der Waals surface area contributed by atoms with E-state index in [1.54, 1.807) is 0 Å². The number of aliphatic hydroxyl groups excluding tert-OH is 10. The van der Waals surface area contributed by atoms with Crippen molar-refractivity contribution in [3.63, 3.8) is 0 Å². The molecular formula is C43H48O23. The highest BCUT2D eigenvalue weighted by molar-refractivity contribution is 5.88. The number of phenolic OH excluding ortho intramolecular Hbond substituents is 3. The molecule has 23 nitrogen and oxygen atoms in total. The summed E-state index contributed by atoms with van der Waals surface area (Å²) in [5, 5.41) is 137. The minimum atomic E-state index is -2.07. The number of aromatic hydroxyl groups is 3. The summed E-state index contributed by atoms with van der Waals surface area (Å²) in [5.41, 5.74) is -1.12. The lowest BCUT2D eigenvalue weighted by atomic mass is 9.89. The molecule has 0 saturated carbocycles. The Kier molecular flexibility index (Phi) is 14.8. The summed E-state index contributed by atoms with van der Waals surface area (Å²) in [7, 11) is 1.34. The molecule has 13 N–H and O–H groups in total. The van der Waals surface area contributed by atoms with Crippen LogP contribution in [0.1, 0.15) is 17.2 Å². The molecule has 3 aliphatic rings. The number of esters is 1. The minimum Gasteiger partial charge on any atom is -0.507 e. The minimum absolute atomic E-state index is 0.0779. The van der Waals surface area contributed by atoms with Gasteiger partial charge in [-0.1, -0.05) is 6.07 Å². The molecule has 7 rings (SSSR count). The maximum atomic E-state index is 13.7. The molecule has 15 unspecified atom stereocenters. The van der Waals surface area contributed by atoms with E-state index in [2.05, 4.69) is 0 Å². The number of phenols is 3. The number of hydrogen-bond acceptors (Lipinski definition) is 23. The summed E-state index contributed by atoms with van der Waals surface area (Å²) in [6.45, 7) is -2.31. The Morgan fingerprint density at radius 3 is 1.98 bits per heavy atom. The summed E-state index contributed by atoms with van der Waals surface area (Å²) in [4.78, 5) is 26.2. The van der Waals surface area contributed by atoms with Gasteiger partial charge in [0, 0.05) is 23.8 Å². The zero-order valence-electron chi connectivity index (χ0n) is 34.5. The predicted molar refractivity (Wildman–Crippen MR) is 219 cm³/mol. The van der Waals surface area contributed by atoms with Gasteiger partial charge in [0.25, 0.3) is 0 Å². The summed E-state index contributed by atoms with van der Waals surface area (Å²) in [6.07, 6.45) is -24.2. The van der Waals surface area contributed by atoms with Crippen LogP contribution in [-0.2, 0) is 28.5 Å². The number of ether oxygens (including phenoxy) is 7. The highest BCUT2D eigenvalue weighted by Gasteiger charge is 2.52. The number of fused-ring (bicyclic) bond motifs is 1. The average molecular weight is 933 g/mol. The molecule has 0 bridgehead atoms. The van der Waals surface area contributed by atoms with Crippen molar-refractivity contribution in [2.24, 2.45) is 0 Å². The lowest BCUT2D eigenvalue weighted by molar-refractivity contribution is -0.342. The van der Waals surface area contributed by atoms with Crippen LogP contribution in [0, 0.1) is 0 Å². The summed E-state index contributed by atoms with van der Waals surface area (Å²) < 4.78 is 44.4. The Morgan fingerprint density at radius 1 is 0.697 bits per heavy atom. The number of rotatable bonds is 13. The Labute approximate surface area is 372 Å². The molecule has 3 aliphatic heterocycles. The van der Waals surface area contributed by atoms with Gasteiger partial charge in [-0.15, -0.1) is 0 Å². The molecule has 23 heteroatoms. The molecule has 0 radical (unpaired) electrons. The van der Waals surface area contributed by atoms with Crippen LogP contribution >= 0.6 is 0 Å². The van der Waals surface area contributed by atoms with E-state index in [1.807, 2.05) is 0 Å². The molecular weight excluding hydrogens is 884 g/mol. The molecule has 0 aliphatic carbocycles. The number of carbonyl (C=O) groups excluding carboxylic acids is 1. The lowest BCUT2D eigenvalue weighted by Gasteiger charge is -2.46. The van der Waals surface area contributed by atoms with E-state index in [-0.39, 0.29) is 34.2 Å². The van der Waals surface area contributed by atoms with Gasteiger partial charge in [-0.3, -0.25) is 4.79 Å². The third-order valence-corrected chi connectivity index (χ3v) is 11.4. The normalized spacial score (nSPS) is 32.6. The van der Waals surface area contributed by atoms with Crippen LogP contribution in [0.2, 0.25) is 0 Å². The molecule has 66 heavy (non-hydrogen) atoms. The summed E-state index contributed by atoms with van der Waals surface area (Å²) >= 11 is 0. The van der Waals surface area contributed by atoms with Crippen LogP contribution in [0.4, 0.5) is 0 Å². The first-order chi connectivity index (χ1) is 31.4. The monoisotopic (exact) mass is 932 g/mol. The van der Waals surface area contributed by atoms with Gasteiger partial charge in [0.1, 0.15) is 120 Å². The van der Waals surface area contributed by atoms with Crippen LogP contribution in [-0.4, -0.2) is 185 Å². The van der Waals surface area contributed by atoms with Gasteiger partial charge in [0.2, 0.25) is 6.29 Å². The second-order valence-electron chi connectivity index (χ2n) is 15.6. The molecule has 0 amide bonds. The van der Waals surface area contributed by atoms with E-state index in [0.29, 0.717) is 5.56 Å². The van der Waals surface area contributed by atoms with Gasteiger partial charge in [-0.2, -0.15) is 0 Å². The van der Waals surface area contributed by atoms with Crippen molar-refractivity contribution >= 4 is 23.0 Å². The number of aliphatic hydroxyl groups is 10. The van der Waals surface area contributed by atoms with Gasteiger partial charge in [-0.25, -0.2) is 4.79 Å². The number of carbonyl (C=O) groups is 1. The van der Waals surface area contributed by atoms with Gasteiger partial charge in [0.15, 0.2) is 23.2 Å². The first-order valence-corrected chi connectivity index (χ1v) is 20.3. The predicted octanol–water partition coefficient (Wildman–Crippen LogP) is -2.63. The highest BCUT2D eigenvalue weighted by Crippen LogP contribution is 2.46. The first-order valence-electron chi connectivity index (χ1n) is 20.3. The standard InChI is InChI=1S/C43H48O23/c1-59-23-10-16(2-8-19(23)46)3-9-28(49)60-15-27-33(52)36(55)39(58)43(65-27)66-41-37(56)32(51)25(13-44)63-40(41)30-21(48)12-24-29(34(30)53)20(47)11-22(62-24)17-4-6-18(7-5-17)61-42-38(57)35(54)31(50)26(14-45)64-42/h2-12,25-27,31-33,35-46,48,50-58H,13-15H2,1H3. The molecule has 4 aromatic rings. The molecule has 358 valence electrons. The van der Waals surface area contributed by atoms with Crippen molar-refractivity contribution in [3.8, 4) is 40.1 Å².